The van der Waals surface area contributed by atoms with E-state index >= 15 is 0 Å². The summed E-state index contributed by atoms with van der Waals surface area (Å²) >= 11 is 2.27. The van der Waals surface area contributed by atoms with Crippen molar-refractivity contribution in [2.75, 3.05) is 17.2 Å². The molecular weight excluding hydrogens is 337 g/mol. The van der Waals surface area contributed by atoms with Gasteiger partial charge in [-0.15, -0.1) is 0 Å². The third-order valence-electron chi connectivity index (χ3n) is 2.83. The number of rotatable bonds is 4. The Kier molecular flexibility index (Phi) is 4.41. The van der Waals surface area contributed by atoms with Crippen LogP contribution in [0.5, 0.6) is 0 Å². The predicted octanol–water partition coefficient (Wildman–Crippen LogP) is 3.29. The van der Waals surface area contributed by atoms with Gasteiger partial charge in [-0.2, -0.15) is 0 Å². The Balaban J connectivity index is 2.23. The number of halogens is 1. The van der Waals surface area contributed by atoms with Crippen molar-refractivity contribution in [2.45, 2.75) is 13.5 Å². The number of pyridine rings is 1. The Hall–Kier alpha value is -1.30. The van der Waals surface area contributed by atoms with Crippen LogP contribution in [0.3, 0.4) is 0 Å². The molecule has 18 heavy (non-hydrogen) atoms. The molecule has 3 nitrogen and oxygen atoms in total. The highest BCUT2D eigenvalue weighted by Crippen LogP contribution is 2.26. The van der Waals surface area contributed by atoms with Gasteiger partial charge in [0, 0.05) is 29.1 Å². The van der Waals surface area contributed by atoms with Gasteiger partial charge in [0.05, 0.1) is 11.4 Å². The van der Waals surface area contributed by atoms with Gasteiger partial charge in [0.2, 0.25) is 0 Å². The van der Waals surface area contributed by atoms with Crippen LogP contribution in [0.1, 0.15) is 12.5 Å². The van der Waals surface area contributed by atoms with E-state index in [0.29, 0.717) is 0 Å². The van der Waals surface area contributed by atoms with E-state index in [0.717, 1.165) is 28.0 Å². The van der Waals surface area contributed by atoms with Crippen molar-refractivity contribution in [3.05, 3.63) is 51.9 Å². The van der Waals surface area contributed by atoms with Crippen LogP contribution in [-0.4, -0.2) is 11.5 Å². The molecule has 0 bridgehead atoms. The summed E-state index contributed by atoms with van der Waals surface area (Å²) in [6.07, 6.45) is 3.64. The van der Waals surface area contributed by atoms with E-state index in [9.17, 15) is 0 Å². The number of nitrogen functional groups attached to an aromatic ring is 1. The molecule has 4 heteroatoms. The van der Waals surface area contributed by atoms with Crippen LogP contribution in [0.25, 0.3) is 0 Å². The third-order valence-corrected chi connectivity index (χ3v) is 3.51. The van der Waals surface area contributed by atoms with Crippen molar-refractivity contribution in [1.29, 1.82) is 0 Å². The number of hydrogen-bond donors (Lipinski definition) is 1. The zero-order valence-corrected chi connectivity index (χ0v) is 12.5. The average molecular weight is 353 g/mol. The first kappa shape index (κ1) is 13.1. The second-order valence-electron chi connectivity index (χ2n) is 4.07. The summed E-state index contributed by atoms with van der Waals surface area (Å²) in [5.41, 5.74) is 9.26. The number of aromatic nitrogens is 1. The second-order valence-corrected chi connectivity index (χ2v) is 5.32. The Labute approximate surface area is 121 Å². The highest BCUT2D eigenvalue weighted by Gasteiger charge is 2.08. The first-order valence-corrected chi connectivity index (χ1v) is 6.97. The molecule has 2 rings (SSSR count). The molecule has 2 aromatic rings. The Morgan fingerprint density at radius 3 is 2.56 bits per heavy atom. The smallest absolute Gasteiger partial charge is 0.0603 e. The predicted molar refractivity (Wildman–Crippen MR) is 84.5 cm³/mol. The van der Waals surface area contributed by atoms with Gasteiger partial charge in [0.1, 0.15) is 0 Å². The molecule has 0 radical (unpaired) electrons. The van der Waals surface area contributed by atoms with E-state index in [2.05, 4.69) is 51.5 Å². The Bertz CT molecular complexity index is 514. The van der Waals surface area contributed by atoms with Crippen molar-refractivity contribution in [1.82, 2.24) is 4.98 Å². The summed E-state index contributed by atoms with van der Waals surface area (Å²) in [6, 6.07) is 10.2. The molecule has 0 unspecified atom stereocenters. The monoisotopic (exact) mass is 353 g/mol. The summed E-state index contributed by atoms with van der Waals surface area (Å²) in [5.74, 6) is 0. The van der Waals surface area contributed by atoms with Crippen LogP contribution >= 0.6 is 22.6 Å². The summed E-state index contributed by atoms with van der Waals surface area (Å²) in [7, 11) is 0. The van der Waals surface area contributed by atoms with Gasteiger partial charge in [-0.25, -0.2) is 0 Å². The molecule has 0 spiro atoms. The third kappa shape index (κ3) is 3.13. The first-order chi connectivity index (χ1) is 8.70. The molecule has 0 aliphatic heterocycles. The molecule has 0 amide bonds. The molecule has 94 valence electrons. The molecule has 0 fully saturated rings. The minimum atomic E-state index is 0.831. The molecule has 0 saturated heterocycles. The molecule has 2 N–H and O–H groups in total. The van der Waals surface area contributed by atoms with Crippen molar-refractivity contribution in [3.63, 3.8) is 0 Å². The van der Waals surface area contributed by atoms with Crippen LogP contribution in [0.4, 0.5) is 11.4 Å². The van der Waals surface area contributed by atoms with Crippen LogP contribution in [0.2, 0.25) is 0 Å². The molecule has 0 aliphatic rings. The average Bonchev–Trinajstić information content (AvgIpc) is 2.38. The Morgan fingerprint density at radius 1 is 1.22 bits per heavy atom. The highest BCUT2D eigenvalue weighted by molar-refractivity contribution is 14.1. The number of nitrogens with two attached hydrogens (primary N) is 1. The van der Waals surface area contributed by atoms with Gasteiger partial charge >= 0.3 is 0 Å². The summed E-state index contributed by atoms with van der Waals surface area (Å²) in [6.45, 7) is 3.91. The zero-order chi connectivity index (χ0) is 13.0. The van der Waals surface area contributed by atoms with E-state index < -0.39 is 0 Å². The van der Waals surface area contributed by atoms with Crippen LogP contribution in [0.15, 0.2) is 42.7 Å². The maximum Gasteiger partial charge on any atom is 0.0603 e. The second kappa shape index (κ2) is 6.04. The van der Waals surface area contributed by atoms with Crippen molar-refractivity contribution >= 4 is 34.0 Å². The van der Waals surface area contributed by atoms with E-state index in [-0.39, 0.29) is 0 Å². The lowest BCUT2D eigenvalue weighted by molar-refractivity contribution is 0.831. The minimum absolute atomic E-state index is 0.831. The van der Waals surface area contributed by atoms with Gasteiger partial charge in [0.15, 0.2) is 0 Å². The lowest BCUT2D eigenvalue weighted by Crippen LogP contribution is -2.23. The quantitative estimate of drug-likeness (QED) is 0.678. The number of nitrogens with zero attached hydrogens (tertiary/aromatic N) is 2. The molecule has 0 atom stereocenters. The molecule has 0 aliphatic carbocycles. The summed E-state index contributed by atoms with van der Waals surface area (Å²) in [5, 5.41) is 0. The van der Waals surface area contributed by atoms with Gasteiger partial charge in [-0.05, 0) is 65.4 Å². The van der Waals surface area contributed by atoms with Crippen molar-refractivity contribution < 1.29 is 0 Å². The van der Waals surface area contributed by atoms with Gasteiger partial charge in [-0.3, -0.25) is 4.98 Å². The fraction of sp³-hybridized carbons (Fsp3) is 0.214. The fourth-order valence-electron chi connectivity index (χ4n) is 1.89. The minimum Gasteiger partial charge on any atom is -0.397 e. The normalized spacial score (nSPS) is 10.3. The van der Waals surface area contributed by atoms with Crippen molar-refractivity contribution in [3.8, 4) is 0 Å². The van der Waals surface area contributed by atoms with Gasteiger partial charge < -0.3 is 10.6 Å². The molecule has 0 saturated carbocycles. The standard InChI is InChI=1S/C14H16IN3/c1-2-18(10-11-5-7-17-8-6-11)14-4-3-12(15)9-13(14)16/h3-9H,2,10,16H2,1H3. The summed E-state index contributed by atoms with van der Waals surface area (Å²) < 4.78 is 1.16. The van der Waals surface area contributed by atoms with E-state index in [1.54, 1.807) is 0 Å². The van der Waals surface area contributed by atoms with E-state index in [4.69, 9.17) is 5.73 Å². The van der Waals surface area contributed by atoms with Crippen LogP contribution in [0, 0.1) is 3.57 Å². The molecule has 1 aromatic heterocycles. The van der Waals surface area contributed by atoms with Gasteiger partial charge in [-0.1, -0.05) is 0 Å². The number of hydrogen-bond acceptors (Lipinski definition) is 3. The fourth-order valence-corrected chi connectivity index (χ4v) is 2.40. The van der Waals surface area contributed by atoms with E-state index in [1.165, 1.54) is 5.56 Å². The maximum atomic E-state index is 6.09. The molecule has 1 aromatic carbocycles. The highest BCUT2D eigenvalue weighted by atomic mass is 127. The Morgan fingerprint density at radius 2 is 1.94 bits per heavy atom. The van der Waals surface area contributed by atoms with Crippen LogP contribution in [-0.2, 0) is 6.54 Å². The largest absolute Gasteiger partial charge is 0.397 e. The zero-order valence-electron chi connectivity index (χ0n) is 10.3. The number of benzene rings is 1. The maximum absolute atomic E-state index is 6.09. The number of anilines is 2. The van der Waals surface area contributed by atoms with Crippen LogP contribution < -0.4 is 10.6 Å². The lowest BCUT2D eigenvalue weighted by atomic mass is 10.2. The van der Waals surface area contributed by atoms with E-state index in [1.807, 2.05) is 30.6 Å². The first-order valence-electron chi connectivity index (χ1n) is 5.89. The summed E-state index contributed by atoms with van der Waals surface area (Å²) in [4.78, 5) is 6.30. The SMILES string of the molecule is CCN(Cc1ccncc1)c1ccc(I)cc1N. The van der Waals surface area contributed by atoms with Crippen molar-refractivity contribution in [2.24, 2.45) is 0 Å². The molecule has 1 heterocycles. The topological polar surface area (TPSA) is 42.2 Å². The van der Waals surface area contributed by atoms with Gasteiger partial charge in [0.25, 0.3) is 0 Å². The lowest BCUT2D eigenvalue weighted by Gasteiger charge is -2.24. The molecular formula is C14H16IN3.